The van der Waals surface area contributed by atoms with E-state index in [4.69, 9.17) is 5.73 Å². The Hall–Kier alpha value is -1.56. The summed E-state index contributed by atoms with van der Waals surface area (Å²) < 4.78 is 23.2. The smallest absolute Gasteiger partial charge is 0.254 e. The molecular weight excluding hydrogens is 276 g/mol. The maximum absolute atomic E-state index is 12.6. The van der Waals surface area contributed by atoms with E-state index < -0.39 is 9.84 Å². The first-order chi connectivity index (χ1) is 9.34. The van der Waals surface area contributed by atoms with Crippen LogP contribution in [0.4, 0.5) is 5.69 Å². The molecular formula is C14H20N2O3S. The van der Waals surface area contributed by atoms with Gasteiger partial charge in [0.2, 0.25) is 0 Å². The Morgan fingerprint density at radius 3 is 2.65 bits per heavy atom. The van der Waals surface area contributed by atoms with Gasteiger partial charge in [0, 0.05) is 23.8 Å². The van der Waals surface area contributed by atoms with Crippen LogP contribution in [0.5, 0.6) is 0 Å². The third-order valence-electron chi connectivity index (χ3n) is 3.73. The van der Waals surface area contributed by atoms with E-state index in [2.05, 4.69) is 0 Å². The van der Waals surface area contributed by atoms with Crippen molar-refractivity contribution in [3.05, 3.63) is 29.3 Å². The number of nitrogens with two attached hydrogens (primary N) is 1. The minimum absolute atomic E-state index is 0.0700. The minimum Gasteiger partial charge on any atom is -0.399 e. The Balaban J connectivity index is 2.26. The number of amides is 1. The third kappa shape index (κ3) is 2.95. The maximum Gasteiger partial charge on any atom is 0.254 e. The lowest BCUT2D eigenvalue weighted by Crippen LogP contribution is -2.41. The largest absolute Gasteiger partial charge is 0.399 e. The second kappa shape index (κ2) is 5.44. The molecule has 2 rings (SSSR count). The molecule has 5 nitrogen and oxygen atoms in total. The van der Waals surface area contributed by atoms with Crippen LogP contribution in [-0.2, 0) is 9.84 Å². The molecule has 1 aliphatic heterocycles. The van der Waals surface area contributed by atoms with Gasteiger partial charge in [-0.3, -0.25) is 4.79 Å². The first kappa shape index (κ1) is 14.8. The first-order valence-corrected chi connectivity index (χ1v) is 8.53. The summed E-state index contributed by atoms with van der Waals surface area (Å²) in [6.07, 6.45) is 0.524. The van der Waals surface area contributed by atoms with Crippen LogP contribution >= 0.6 is 0 Å². The minimum atomic E-state index is -3.00. The molecule has 1 unspecified atom stereocenters. The molecule has 0 spiro atoms. The molecule has 1 heterocycles. The van der Waals surface area contributed by atoms with E-state index in [-0.39, 0.29) is 23.5 Å². The summed E-state index contributed by atoms with van der Waals surface area (Å²) in [5.41, 5.74) is 7.71. The average molecular weight is 296 g/mol. The zero-order chi connectivity index (χ0) is 14.9. The number of anilines is 1. The zero-order valence-electron chi connectivity index (χ0n) is 11.8. The molecule has 1 saturated heterocycles. The lowest BCUT2D eigenvalue weighted by atomic mass is 10.1. The Kier molecular flexibility index (Phi) is 4.04. The Morgan fingerprint density at radius 2 is 2.15 bits per heavy atom. The van der Waals surface area contributed by atoms with Crippen molar-refractivity contribution in [2.45, 2.75) is 26.3 Å². The number of aryl methyl sites for hydroxylation is 1. The Morgan fingerprint density at radius 1 is 1.45 bits per heavy atom. The van der Waals surface area contributed by atoms with E-state index in [1.165, 1.54) is 0 Å². The molecule has 1 fully saturated rings. The summed E-state index contributed by atoms with van der Waals surface area (Å²) >= 11 is 0. The predicted octanol–water partition coefficient (Wildman–Crippen LogP) is 1.23. The summed E-state index contributed by atoms with van der Waals surface area (Å²) in [4.78, 5) is 14.3. The van der Waals surface area contributed by atoms with Crippen LogP contribution in [0.1, 0.15) is 29.3 Å². The van der Waals surface area contributed by atoms with Gasteiger partial charge in [-0.1, -0.05) is 0 Å². The number of hydrogen-bond acceptors (Lipinski definition) is 4. The zero-order valence-corrected chi connectivity index (χ0v) is 12.6. The van der Waals surface area contributed by atoms with Gasteiger partial charge in [-0.15, -0.1) is 0 Å². The molecule has 0 aliphatic carbocycles. The van der Waals surface area contributed by atoms with E-state index in [1.54, 1.807) is 23.1 Å². The molecule has 20 heavy (non-hydrogen) atoms. The quantitative estimate of drug-likeness (QED) is 0.851. The highest BCUT2D eigenvalue weighted by atomic mass is 32.2. The average Bonchev–Trinajstić information content (AvgIpc) is 2.70. The second-order valence-electron chi connectivity index (χ2n) is 5.22. The molecule has 0 aromatic heterocycles. The predicted molar refractivity (Wildman–Crippen MR) is 79.4 cm³/mol. The number of sulfone groups is 1. The lowest BCUT2D eigenvalue weighted by molar-refractivity contribution is 0.0707. The van der Waals surface area contributed by atoms with Gasteiger partial charge in [-0.05, 0) is 44.0 Å². The fourth-order valence-corrected chi connectivity index (χ4v) is 4.40. The van der Waals surface area contributed by atoms with E-state index >= 15 is 0 Å². The van der Waals surface area contributed by atoms with Crippen LogP contribution in [0.15, 0.2) is 18.2 Å². The number of nitrogen functional groups attached to an aromatic ring is 1. The molecule has 1 aliphatic rings. The summed E-state index contributed by atoms with van der Waals surface area (Å²) in [6.45, 7) is 4.21. The van der Waals surface area contributed by atoms with Crippen LogP contribution in [0.25, 0.3) is 0 Å². The van der Waals surface area contributed by atoms with E-state index in [0.717, 1.165) is 5.56 Å². The summed E-state index contributed by atoms with van der Waals surface area (Å²) in [6, 6.07) is 4.94. The summed E-state index contributed by atoms with van der Waals surface area (Å²) in [5, 5.41) is 0. The number of benzene rings is 1. The Labute approximate surface area is 119 Å². The van der Waals surface area contributed by atoms with Gasteiger partial charge in [0.1, 0.15) is 0 Å². The molecule has 1 amide bonds. The van der Waals surface area contributed by atoms with Gasteiger partial charge in [0.05, 0.1) is 11.5 Å². The highest BCUT2D eigenvalue weighted by molar-refractivity contribution is 7.91. The van der Waals surface area contributed by atoms with Crippen LogP contribution in [0.2, 0.25) is 0 Å². The topological polar surface area (TPSA) is 80.5 Å². The van der Waals surface area contributed by atoms with E-state index in [9.17, 15) is 13.2 Å². The maximum atomic E-state index is 12.6. The second-order valence-corrected chi connectivity index (χ2v) is 7.45. The number of nitrogens with zero attached hydrogens (tertiary/aromatic N) is 1. The SMILES string of the molecule is CCN(C(=O)c1ccc(N)cc1C)C1CCS(=O)(=O)C1. The molecule has 1 atom stereocenters. The highest BCUT2D eigenvalue weighted by Gasteiger charge is 2.34. The molecule has 2 N–H and O–H groups in total. The summed E-state index contributed by atoms with van der Waals surface area (Å²) in [5.74, 6) is 0.120. The number of carbonyl (C=O) groups excluding carboxylic acids is 1. The monoisotopic (exact) mass is 296 g/mol. The van der Waals surface area contributed by atoms with Crippen molar-refractivity contribution in [3.8, 4) is 0 Å². The fourth-order valence-electron chi connectivity index (χ4n) is 2.67. The van der Waals surface area contributed by atoms with E-state index in [0.29, 0.717) is 24.2 Å². The summed E-state index contributed by atoms with van der Waals surface area (Å²) in [7, 11) is -3.00. The fraction of sp³-hybridized carbons (Fsp3) is 0.500. The number of carbonyl (C=O) groups is 1. The van der Waals surface area contributed by atoms with Crippen LogP contribution in [-0.4, -0.2) is 43.3 Å². The first-order valence-electron chi connectivity index (χ1n) is 6.71. The van der Waals surface area contributed by atoms with Gasteiger partial charge in [-0.2, -0.15) is 0 Å². The van der Waals surface area contributed by atoms with Crippen LogP contribution < -0.4 is 5.73 Å². The molecule has 1 aromatic carbocycles. The van der Waals surface area contributed by atoms with Crippen LogP contribution in [0.3, 0.4) is 0 Å². The molecule has 6 heteroatoms. The van der Waals surface area contributed by atoms with Crippen molar-refractivity contribution in [1.82, 2.24) is 4.90 Å². The Bertz CT molecular complexity index is 625. The molecule has 0 saturated carbocycles. The van der Waals surface area contributed by atoms with Crippen molar-refractivity contribution in [1.29, 1.82) is 0 Å². The standard InChI is InChI=1S/C14H20N2O3S/c1-3-16(12-6-7-20(18,19)9-12)14(17)13-5-4-11(15)8-10(13)2/h4-5,8,12H,3,6-7,9,15H2,1-2H3. The van der Waals surface area contributed by atoms with Crippen molar-refractivity contribution in [2.24, 2.45) is 0 Å². The van der Waals surface area contributed by atoms with Crippen molar-refractivity contribution < 1.29 is 13.2 Å². The van der Waals surface area contributed by atoms with E-state index in [1.807, 2.05) is 13.8 Å². The van der Waals surface area contributed by atoms with Gasteiger partial charge >= 0.3 is 0 Å². The number of hydrogen-bond donors (Lipinski definition) is 1. The molecule has 0 bridgehead atoms. The van der Waals surface area contributed by atoms with Gasteiger partial charge in [0.25, 0.3) is 5.91 Å². The lowest BCUT2D eigenvalue weighted by Gasteiger charge is -2.27. The van der Waals surface area contributed by atoms with Crippen molar-refractivity contribution in [2.75, 3.05) is 23.8 Å². The van der Waals surface area contributed by atoms with Gasteiger partial charge in [-0.25, -0.2) is 8.42 Å². The van der Waals surface area contributed by atoms with Crippen molar-refractivity contribution in [3.63, 3.8) is 0 Å². The molecule has 110 valence electrons. The van der Waals surface area contributed by atoms with Gasteiger partial charge < -0.3 is 10.6 Å². The molecule has 0 radical (unpaired) electrons. The highest BCUT2D eigenvalue weighted by Crippen LogP contribution is 2.21. The number of rotatable bonds is 3. The van der Waals surface area contributed by atoms with Crippen LogP contribution in [0, 0.1) is 6.92 Å². The van der Waals surface area contributed by atoms with Gasteiger partial charge in [0.15, 0.2) is 9.84 Å². The normalized spacial score (nSPS) is 20.8. The van der Waals surface area contributed by atoms with Crippen molar-refractivity contribution >= 4 is 21.4 Å². The third-order valence-corrected chi connectivity index (χ3v) is 5.48. The molecule has 1 aromatic rings.